The highest BCUT2D eigenvalue weighted by atomic mass is 32.1. The highest BCUT2D eigenvalue weighted by molar-refractivity contribution is 7.20. The summed E-state index contributed by atoms with van der Waals surface area (Å²) in [5.74, 6) is -0.489. The minimum atomic E-state index is -0.419. The van der Waals surface area contributed by atoms with Gasteiger partial charge in [0.1, 0.15) is 0 Å². The van der Waals surface area contributed by atoms with Crippen molar-refractivity contribution in [2.75, 3.05) is 6.61 Å². The van der Waals surface area contributed by atoms with Crippen molar-refractivity contribution in [2.45, 2.75) is 39.2 Å². The molecule has 0 aliphatic carbocycles. The van der Waals surface area contributed by atoms with E-state index in [2.05, 4.69) is 17.2 Å². The number of ether oxygens (including phenoxy) is 1. The maximum Gasteiger partial charge on any atom is 0.280 e. The van der Waals surface area contributed by atoms with Gasteiger partial charge in [0.25, 0.3) is 5.91 Å². The van der Waals surface area contributed by atoms with E-state index >= 15 is 0 Å². The van der Waals surface area contributed by atoms with Gasteiger partial charge in [-0.15, -0.1) is 11.3 Å². The van der Waals surface area contributed by atoms with Crippen LogP contribution in [0.3, 0.4) is 0 Å². The molecule has 0 unspecified atom stereocenters. The fourth-order valence-corrected chi connectivity index (χ4v) is 3.62. The van der Waals surface area contributed by atoms with Crippen LogP contribution in [0.2, 0.25) is 0 Å². The summed E-state index contributed by atoms with van der Waals surface area (Å²) in [5, 5.41) is 3.12. The van der Waals surface area contributed by atoms with Gasteiger partial charge >= 0.3 is 0 Å². The molecule has 0 atom stereocenters. The van der Waals surface area contributed by atoms with Gasteiger partial charge in [-0.1, -0.05) is 50.5 Å². The molecule has 1 amide bonds. The van der Waals surface area contributed by atoms with Crippen molar-refractivity contribution < 1.29 is 13.9 Å². The van der Waals surface area contributed by atoms with Gasteiger partial charge in [-0.05, 0) is 24.6 Å². The molecular formula is C21H23FN2O2S. The van der Waals surface area contributed by atoms with Gasteiger partial charge in [0.15, 0.2) is 16.6 Å². The Morgan fingerprint density at radius 3 is 2.81 bits per heavy atom. The Bertz CT molecular complexity index is 877. The van der Waals surface area contributed by atoms with Crippen molar-refractivity contribution in [3.63, 3.8) is 0 Å². The van der Waals surface area contributed by atoms with E-state index in [-0.39, 0.29) is 18.2 Å². The van der Waals surface area contributed by atoms with Crippen LogP contribution in [0.15, 0.2) is 42.5 Å². The van der Waals surface area contributed by atoms with Crippen LogP contribution in [0.1, 0.15) is 48.0 Å². The Labute approximate surface area is 162 Å². The molecule has 0 saturated carbocycles. The van der Waals surface area contributed by atoms with Crippen LogP contribution in [-0.2, 0) is 6.54 Å². The first-order chi connectivity index (χ1) is 13.2. The smallest absolute Gasteiger partial charge is 0.280 e. The summed E-state index contributed by atoms with van der Waals surface area (Å²) in [5.41, 5.74) is 1.19. The van der Waals surface area contributed by atoms with E-state index in [9.17, 15) is 9.18 Å². The van der Waals surface area contributed by atoms with E-state index in [0.717, 1.165) is 35.9 Å². The lowest BCUT2D eigenvalue weighted by Crippen LogP contribution is -2.23. The molecule has 3 aromatic rings. The molecule has 1 aromatic heterocycles. The highest BCUT2D eigenvalue weighted by Crippen LogP contribution is 2.23. The van der Waals surface area contributed by atoms with E-state index in [0.29, 0.717) is 17.2 Å². The molecular weight excluding hydrogens is 363 g/mol. The van der Waals surface area contributed by atoms with Crippen molar-refractivity contribution in [2.24, 2.45) is 0 Å². The molecule has 0 aliphatic rings. The van der Waals surface area contributed by atoms with E-state index in [1.165, 1.54) is 11.3 Å². The Balaban J connectivity index is 1.58. The third-order valence-electron chi connectivity index (χ3n) is 4.23. The number of para-hydroxylation sites is 1. The third kappa shape index (κ3) is 5.04. The first-order valence-corrected chi connectivity index (χ1v) is 10.0. The SMILES string of the molecule is CCCCCCOc1cccc(CNC(=O)c2nc3ccccc3s2)c1F. The summed E-state index contributed by atoms with van der Waals surface area (Å²) in [4.78, 5) is 16.7. The summed E-state index contributed by atoms with van der Waals surface area (Å²) >= 11 is 1.32. The van der Waals surface area contributed by atoms with Crippen LogP contribution < -0.4 is 10.1 Å². The van der Waals surface area contributed by atoms with Crippen LogP contribution in [0.25, 0.3) is 10.2 Å². The second-order valence-electron chi connectivity index (χ2n) is 6.31. The van der Waals surface area contributed by atoms with E-state index in [1.807, 2.05) is 24.3 Å². The number of thiazole rings is 1. The summed E-state index contributed by atoms with van der Waals surface area (Å²) in [6.45, 7) is 2.73. The van der Waals surface area contributed by atoms with Crippen molar-refractivity contribution in [3.8, 4) is 5.75 Å². The van der Waals surface area contributed by atoms with Crippen molar-refractivity contribution in [3.05, 3.63) is 58.9 Å². The van der Waals surface area contributed by atoms with Gasteiger partial charge in [0, 0.05) is 12.1 Å². The number of rotatable bonds is 9. The number of aromatic nitrogens is 1. The molecule has 1 heterocycles. The minimum absolute atomic E-state index is 0.0909. The number of carbonyl (C=O) groups is 1. The Kier molecular flexibility index (Phi) is 6.76. The Morgan fingerprint density at radius 1 is 1.15 bits per heavy atom. The number of amides is 1. The summed E-state index contributed by atoms with van der Waals surface area (Å²) in [7, 11) is 0. The molecule has 0 aliphatic heterocycles. The highest BCUT2D eigenvalue weighted by Gasteiger charge is 2.14. The Morgan fingerprint density at radius 2 is 2.00 bits per heavy atom. The summed E-state index contributed by atoms with van der Waals surface area (Å²) in [6.07, 6.45) is 4.30. The first kappa shape index (κ1) is 19.3. The number of fused-ring (bicyclic) bond motifs is 1. The lowest BCUT2D eigenvalue weighted by Gasteiger charge is -2.10. The standard InChI is InChI=1S/C21H23FN2O2S/c1-2-3-4-7-13-26-17-11-8-9-15(19(17)22)14-23-20(25)21-24-16-10-5-6-12-18(16)27-21/h5-6,8-12H,2-4,7,13-14H2,1H3,(H,23,25). The maximum absolute atomic E-state index is 14.6. The molecule has 4 nitrogen and oxygen atoms in total. The number of hydrogen-bond donors (Lipinski definition) is 1. The van der Waals surface area contributed by atoms with Crippen LogP contribution in [0, 0.1) is 5.82 Å². The number of unbranched alkanes of at least 4 members (excludes halogenated alkanes) is 3. The molecule has 6 heteroatoms. The zero-order chi connectivity index (χ0) is 19.1. The number of carbonyl (C=O) groups excluding carboxylic acids is 1. The predicted molar refractivity (Wildman–Crippen MR) is 107 cm³/mol. The Hall–Kier alpha value is -2.47. The topological polar surface area (TPSA) is 51.2 Å². The maximum atomic E-state index is 14.6. The summed E-state index contributed by atoms with van der Waals surface area (Å²) in [6, 6.07) is 12.6. The van der Waals surface area contributed by atoms with Gasteiger partial charge in [0.2, 0.25) is 0 Å². The van der Waals surface area contributed by atoms with Crippen LogP contribution in [-0.4, -0.2) is 17.5 Å². The second kappa shape index (κ2) is 9.46. The lowest BCUT2D eigenvalue weighted by molar-refractivity contribution is 0.0950. The number of halogens is 1. The largest absolute Gasteiger partial charge is 0.491 e. The van der Waals surface area contributed by atoms with E-state index in [1.54, 1.807) is 18.2 Å². The van der Waals surface area contributed by atoms with E-state index < -0.39 is 5.82 Å². The average Bonchev–Trinajstić information content (AvgIpc) is 3.12. The van der Waals surface area contributed by atoms with Crippen LogP contribution in [0.5, 0.6) is 5.75 Å². The lowest BCUT2D eigenvalue weighted by atomic mass is 10.2. The first-order valence-electron chi connectivity index (χ1n) is 9.23. The van der Waals surface area contributed by atoms with Crippen molar-refractivity contribution in [1.29, 1.82) is 0 Å². The third-order valence-corrected chi connectivity index (χ3v) is 5.26. The molecule has 0 fully saturated rings. The normalized spacial score (nSPS) is 10.9. The zero-order valence-corrected chi connectivity index (χ0v) is 16.2. The van der Waals surface area contributed by atoms with Gasteiger partial charge in [-0.2, -0.15) is 0 Å². The molecule has 1 N–H and O–H groups in total. The number of nitrogens with zero attached hydrogens (tertiary/aromatic N) is 1. The molecule has 0 bridgehead atoms. The monoisotopic (exact) mass is 386 g/mol. The van der Waals surface area contributed by atoms with E-state index in [4.69, 9.17) is 4.74 Å². The van der Waals surface area contributed by atoms with Gasteiger partial charge in [-0.3, -0.25) is 4.79 Å². The van der Waals surface area contributed by atoms with Crippen molar-refractivity contribution in [1.82, 2.24) is 10.3 Å². The summed E-state index contributed by atoms with van der Waals surface area (Å²) < 4.78 is 21.1. The second-order valence-corrected chi connectivity index (χ2v) is 7.34. The molecule has 2 aromatic carbocycles. The molecule has 142 valence electrons. The fourth-order valence-electron chi connectivity index (χ4n) is 2.74. The van der Waals surface area contributed by atoms with Crippen molar-refractivity contribution >= 4 is 27.5 Å². The number of nitrogens with one attached hydrogen (secondary N) is 1. The molecule has 0 spiro atoms. The zero-order valence-electron chi connectivity index (χ0n) is 15.3. The van der Waals surface area contributed by atoms with Gasteiger partial charge in [0.05, 0.1) is 16.8 Å². The van der Waals surface area contributed by atoms with Crippen LogP contribution in [0.4, 0.5) is 4.39 Å². The average molecular weight is 386 g/mol. The number of hydrogen-bond acceptors (Lipinski definition) is 4. The minimum Gasteiger partial charge on any atom is -0.491 e. The molecule has 0 saturated heterocycles. The fraction of sp³-hybridized carbons (Fsp3) is 0.333. The van der Waals surface area contributed by atoms with Crippen LogP contribution >= 0.6 is 11.3 Å². The molecule has 0 radical (unpaired) electrons. The van der Waals surface area contributed by atoms with Gasteiger partial charge < -0.3 is 10.1 Å². The quantitative estimate of drug-likeness (QED) is 0.506. The van der Waals surface area contributed by atoms with Gasteiger partial charge in [-0.25, -0.2) is 9.37 Å². The number of benzene rings is 2. The molecule has 3 rings (SSSR count). The molecule has 27 heavy (non-hydrogen) atoms. The predicted octanol–water partition coefficient (Wildman–Crippen LogP) is 5.32.